The van der Waals surface area contributed by atoms with Crippen LogP contribution in [0.2, 0.25) is 0 Å². The molecule has 2 aromatic rings. The van der Waals surface area contributed by atoms with Gasteiger partial charge in [0.25, 0.3) is 5.91 Å². The molecule has 1 aromatic carbocycles. The summed E-state index contributed by atoms with van der Waals surface area (Å²) in [5, 5.41) is 20.1. The topological polar surface area (TPSA) is 82.9 Å². The van der Waals surface area contributed by atoms with Gasteiger partial charge in [0, 0.05) is 24.5 Å². The SMILES string of the molecule is COc1cc2c(cc1O)CCN1C(=O)c3cncc([C@@H](C)O)c3C[C@H]21. The van der Waals surface area contributed by atoms with E-state index in [1.54, 1.807) is 25.4 Å². The zero-order valence-corrected chi connectivity index (χ0v) is 14.2. The maximum absolute atomic E-state index is 13.0. The predicted molar refractivity (Wildman–Crippen MR) is 90.7 cm³/mol. The van der Waals surface area contributed by atoms with Gasteiger partial charge in [-0.3, -0.25) is 9.78 Å². The molecule has 0 unspecified atom stereocenters. The van der Waals surface area contributed by atoms with Crippen molar-refractivity contribution in [3.63, 3.8) is 0 Å². The van der Waals surface area contributed by atoms with Crippen LogP contribution in [-0.4, -0.2) is 39.7 Å². The van der Waals surface area contributed by atoms with Gasteiger partial charge in [0.1, 0.15) is 0 Å². The van der Waals surface area contributed by atoms with Gasteiger partial charge < -0.3 is 19.8 Å². The van der Waals surface area contributed by atoms with Crippen molar-refractivity contribution in [2.24, 2.45) is 0 Å². The molecule has 2 aliphatic rings. The number of rotatable bonds is 2. The number of methoxy groups -OCH3 is 1. The van der Waals surface area contributed by atoms with Crippen molar-refractivity contribution in [3.8, 4) is 11.5 Å². The minimum atomic E-state index is -0.681. The van der Waals surface area contributed by atoms with E-state index in [-0.39, 0.29) is 17.7 Å². The van der Waals surface area contributed by atoms with Crippen molar-refractivity contribution >= 4 is 5.91 Å². The molecule has 0 saturated carbocycles. The van der Waals surface area contributed by atoms with Crippen LogP contribution in [0.4, 0.5) is 0 Å². The highest BCUT2D eigenvalue weighted by Gasteiger charge is 2.38. The predicted octanol–water partition coefficient (Wildman–Crippen LogP) is 2.14. The molecule has 130 valence electrons. The first-order valence-electron chi connectivity index (χ1n) is 8.36. The minimum Gasteiger partial charge on any atom is -0.504 e. The number of amides is 1. The smallest absolute Gasteiger partial charge is 0.256 e. The third kappa shape index (κ3) is 2.36. The summed E-state index contributed by atoms with van der Waals surface area (Å²) >= 11 is 0. The second kappa shape index (κ2) is 5.74. The highest BCUT2D eigenvalue weighted by molar-refractivity contribution is 5.97. The fraction of sp³-hybridized carbons (Fsp3) is 0.368. The van der Waals surface area contributed by atoms with Crippen LogP contribution in [0, 0.1) is 0 Å². The molecule has 6 heteroatoms. The molecule has 0 fully saturated rings. The molecule has 0 saturated heterocycles. The Bertz CT molecular complexity index is 863. The average molecular weight is 340 g/mol. The molecule has 2 N–H and O–H groups in total. The second-order valence-corrected chi connectivity index (χ2v) is 6.62. The molecule has 1 amide bonds. The van der Waals surface area contributed by atoms with E-state index in [1.807, 2.05) is 11.0 Å². The Hall–Kier alpha value is -2.60. The summed E-state index contributed by atoms with van der Waals surface area (Å²) in [6.07, 6.45) is 3.85. The molecule has 0 aliphatic carbocycles. The lowest BCUT2D eigenvalue weighted by Gasteiger charge is -2.41. The number of hydrogen-bond acceptors (Lipinski definition) is 5. The zero-order valence-electron chi connectivity index (χ0n) is 14.2. The highest BCUT2D eigenvalue weighted by Crippen LogP contribution is 2.43. The first-order chi connectivity index (χ1) is 12.0. The van der Waals surface area contributed by atoms with Gasteiger partial charge in [-0.1, -0.05) is 0 Å². The van der Waals surface area contributed by atoms with Crippen LogP contribution >= 0.6 is 0 Å². The molecular formula is C19H20N2O4. The number of aliphatic hydroxyl groups excluding tert-OH is 1. The van der Waals surface area contributed by atoms with Crippen LogP contribution in [0.25, 0.3) is 0 Å². The summed E-state index contributed by atoms with van der Waals surface area (Å²) in [5.41, 5.74) is 4.15. The molecule has 2 aliphatic heterocycles. The Morgan fingerprint density at radius 3 is 2.88 bits per heavy atom. The summed E-state index contributed by atoms with van der Waals surface area (Å²) in [6.45, 7) is 2.28. The van der Waals surface area contributed by atoms with Crippen molar-refractivity contribution in [3.05, 3.63) is 52.3 Å². The summed E-state index contributed by atoms with van der Waals surface area (Å²) < 4.78 is 5.25. The molecule has 2 atom stereocenters. The van der Waals surface area contributed by atoms with Crippen molar-refractivity contribution in [2.75, 3.05) is 13.7 Å². The number of carbonyl (C=O) groups excluding carboxylic acids is 1. The van der Waals surface area contributed by atoms with E-state index < -0.39 is 6.10 Å². The normalized spacial score (nSPS) is 19.7. The molecule has 6 nitrogen and oxygen atoms in total. The van der Waals surface area contributed by atoms with Crippen molar-refractivity contribution in [2.45, 2.75) is 31.9 Å². The van der Waals surface area contributed by atoms with Gasteiger partial charge in [-0.2, -0.15) is 0 Å². The summed E-state index contributed by atoms with van der Waals surface area (Å²) in [5.74, 6) is 0.467. The van der Waals surface area contributed by atoms with Crippen molar-refractivity contribution in [1.29, 1.82) is 0 Å². The fourth-order valence-corrected chi connectivity index (χ4v) is 3.97. The number of hydrogen-bond donors (Lipinski definition) is 2. The summed E-state index contributed by atoms with van der Waals surface area (Å²) in [4.78, 5) is 19.0. The van der Waals surface area contributed by atoms with Crippen LogP contribution in [0.3, 0.4) is 0 Å². The summed E-state index contributed by atoms with van der Waals surface area (Å²) in [6, 6.07) is 3.43. The van der Waals surface area contributed by atoms with Gasteiger partial charge in [-0.25, -0.2) is 0 Å². The Morgan fingerprint density at radius 2 is 2.16 bits per heavy atom. The molecule has 4 rings (SSSR count). The Balaban J connectivity index is 1.86. The van der Waals surface area contributed by atoms with Crippen LogP contribution < -0.4 is 4.74 Å². The highest BCUT2D eigenvalue weighted by atomic mass is 16.5. The monoisotopic (exact) mass is 340 g/mol. The van der Waals surface area contributed by atoms with Crippen molar-refractivity contribution in [1.82, 2.24) is 9.88 Å². The third-order valence-electron chi connectivity index (χ3n) is 5.23. The number of fused-ring (bicyclic) bond motifs is 4. The fourth-order valence-electron chi connectivity index (χ4n) is 3.97. The number of aromatic nitrogens is 1. The molecule has 1 aromatic heterocycles. The van der Waals surface area contributed by atoms with E-state index >= 15 is 0 Å². The van der Waals surface area contributed by atoms with Gasteiger partial charge in [-0.15, -0.1) is 0 Å². The molecule has 0 spiro atoms. The minimum absolute atomic E-state index is 0.0565. The van der Waals surface area contributed by atoms with Gasteiger partial charge in [0.2, 0.25) is 0 Å². The number of pyridine rings is 1. The number of carbonyl (C=O) groups is 1. The average Bonchev–Trinajstić information content (AvgIpc) is 2.60. The second-order valence-electron chi connectivity index (χ2n) is 6.62. The largest absolute Gasteiger partial charge is 0.504 e. The zero-order chi connectivity index (χ0) is 17.7. The van der Waals surface area contributed by atoms with E-state index in [0.29, 0.717) is 36.3 Å². The maximum Gasteiger partial charge on any atom is 0.256 e. The number of benzene rings is 1. The van der Waals surface area contributed by atoms with E-state index in [1.165, 1.54) is 7.11 Å². The molecule has 0 radical (unpaired) electrons. The number of nitrogens with zero attached hydrogens (tertiary/aromatic N) is 2. The number of aliphatic hydroxyl groups is 1. The number of aromatic hydroxyl groups is 1. The summed E-state index contributed by atoms with van der Waals surface area (Å²) in [7, 11) is 1.51. The van der Waals surface area contributed by atoms with E-state index in [0.717, 1.165) is 16.7 Å². The Morgan fingerprint density at radius 1 is 1.36 bits per heavy atom. The Kier molecular flexibility index (Phi) is 3.65. The van der Waals surface area contributed by atoms with E-state index in [2.05, 4.69) is 4.98 Å². The standard InChI is InChI=1S/C19H20N2O4/c1-10(22)14-8-20-9-15-13(14)6-16-12-7-18(25-2)17(23)5-11(12)3-4-21(16)19(15)24/h5,7-10,16,22-23H,3-4,6H2,1-2H3/t10-,16-/m1/s1. The van der Waals surface area contributed by atoms with Crippen LogP contribution in [-0.2, 0) is 12.8 Å². The molecular weight excluding hydrogens is 320 g/mol. The Labute approximate surface area is 145 Å². The molecule has 3 heterocycles. The van der Waals surface area contributed by atoms with Crippen LogP contribution in [0.5, 0.6) is 11.5 Å². The van der Waals surface area contributed by atoms with Gasteiger partial charge in [-0.05, 0) is 48.6 Å². The first-order valence-corrected chi connectivity index (χ1v) is 8.36. The van der Waals surface area contributed by atoms with Gasteiger partial charge >= 0.3 is 0 Å². The van der Waals surface area contributed by atoms with Crippen molar-refractivity contribution < 1.29 is 19.7 Å². The lowest BCUT2D eigenvalue weighted by atomic mass is 9.82. The van der Waals surface area contributed by atoms with Gasteiger partial charge in [0.05, 0.1) is 24.8 Å². The third-order valence-corrected chi connectivity index (χ3v) is 5.23. The first kappa shape index (κ1) is 15.9. The number of phenolic OH excluding ortho intramolecular Hbond substituents is 1. The van der Waals surface area contributed by atoms with E-state index in [9.17, 15) is 15.0 Å². The lowest BCUT2D eigenvalue weighted by molar-refractivity contribution is 0.0628. The lowest BCUT2D eigenvalue weighted by Crippen LogP contribution is -2.44. The number of ether oxygens (including phenoxy) is 1. The van der Waals surface area contributed by atoms with Crippen LogP contribution in [0.1, 0.15) is 51.7 Å². The van der Waals surface area contributed by atoms with E-state index in [4.69, 9.17) is 4.74 Å². The molecule has 0 bridgehead atoms. The maximum atomic E-state index is 13.0. The molecule has 25 heavy (non-hydrogen) atoms. The number of phenols is 1. The van der Waals surface area contributed by atoms with Crippen LogP contribution in [0.15, 0.2) is 24.5 Å². The quantitative estimate of drug-likeness (QED) is 0.875. The van der Waals surface area contributed by atoms with Gasteiger partial charge in [0.15, 0.2) is 11.5 Å².